The van der Waals surface area contributed by atoms with Crippen LogP contribution in [0.1, 0.15) is 30.4 Å². The fraction of sp³-hybridized carbons (Fsp3) is 0.387. The molecule has 0 radical (unpaired) electrons. The van der Waals surface area contributed by atoms with E-state index in [0.29, 0.717) is 17.8 Å². The number of nitrogens with zero attached hydrogens (tertiary/aromatic N) is 5. The Kier molecular flexibility index (Phi) is 7.56. The Labute approximate surface area is 230 Å². The van der Waals surface area contributed by atoms with Crippen molar-refractivity contribution in [3.05, 3.63) is 72.2 Å². The number of carbonyl (C=O) groups is 1. The smallest absolute Gasteiger partial charge is 0.256 e. The molecule has 39 heavy (non-hydrogen) atoms. The molecule has 3 aliphatic rings. The van der Waals surface area contributed by atoms with Gasteiger partial charge in [0.05, 0.1) is 11.9 Å². The van der Waals surface area contributed by atoms with Gasteiger partial charge in [-0.2, -0.15) is 0 Å². The second-order valence-corrected chi connectivity index (χ2v) is 10.8. The number of benzene rings is 1. The number of piperidine rings is 1. The highest BCUT2D eigenvalue weighted by Gasteiger charge is 2.21. The molecule has 202 valence electrons. The maximum Gasteiger partial charge on any atom is 0.256 e. The lowest BCUT2D eigenvalue weighted by Gasteiger charge is -2.33. The summed E-state index contributed by atoms with van der Waals surface area (Å²) in [4.78, 5) is 29.7. The highest BCUT2D eigenvalue weighted by molar-refractivity contribution is 6.27. The first-order chi connectivity index (χ1) is 19.1. The van der Waals surface area contributed by atoms with E-state index in [-0.39, 0.29) is 5.91 Å². The maximum atomic E-state index is 13.4. The molecule has 0 atom stereocenters. The molecule has 8 nitrogen and oxygen atoms in total. The molecule has 0 unspecified atom stereocenters. The predicted octanol–water partition coefficient (Wildman–Crippen LogP) is 4.33. The van der Waals surface area contributed by atoms with Crippen LogP contribution in [0.25, 0.3) is 16.7 Å². The van der Waals surface area contributed by atoms with Crippen LogP contribution in [0.2, 0.25) is 0 Å². The van der Waals surface area contributed by atoms with E-state index in [4.69, 9.17) is 0 Å². The first-order valence-electron chi connectivity index (χ1n) is 14.1. The summed E-state index contributed by atoms with van der Waals surface area (Å²) in [5.74, 6) is 0.828. The summed E-state index contributed by atoms with van der Waals surface area (Å²) in [6.07, 6.45) is 11.5. The highest BCUT2D eigenvalue weighted by atomic mass is 16.1. The molecule has 8 heteroatoms. The Morgan fingerprint density at radius 3 is 2.56 bits per heavy atom. The zero-order valence-electron chi connectivity index (χ0n) is 22.7. The van der Waals surface area contributed by atoms with E-state index in [1.165, 1.54) is 24.8 Å². The monoisotopic (exact) mass is 523 g/mol. The lowest BCUT2D eigenvalue weighted by molar-refractivity contribution is -0.111. The molecule has 0 bridgehead atoms. The van der Waals surface area contributed by atoms with Gasteiger partial charge in [0.1, 0.15) is 5.82 Å². The van der Waals surface area contributed by atoms with E-state index in [2.05, 4.69) is 66.6 Å². The van der Waals surface area contributed by atoms with Crippen LogP contribution in [-0.4, -0.2) is 78.5 Å². The van der Waals surface area contributed by atoms with Crippen molar-refractivity contribution in [1.82, 2.24) is 19.8 Å². The van der Waals surface area contributed by atoms with E-state index in [9.17, 15) is 4.79 Å². The number of hydrogen-bond donors (Lipinski definition) is 2. The molecule has 0 saturated carbocycles. The van der Waals surface area contributed by atoms with Crippen LogP contribution >= 0.6 is 0 Å². The molecule has 1 aromatic carbocycles. The highest BCUT2D eigenvalue weighted by Crippen LogP contribution is 2.33. The molecule has 5 heterocycles. The number of fused-ring (bicyclic) bond motifs is 1. The van der Waals surface area contributed by atoms with Gasteiger partial charge in [-0.05, 0) is 74.4 Å². The van der Waals surface area contributed by atoms with Crippen molar-refractivity contribution in [2.45, 2.75) is 25.8 Å². The predicted molar refractivity (Wildman–Crippen MR) is 158 cm³/mol. The van der Waals surface area contributed by atoms with Gasteiger partial charge in [-0.1, -0.05) is 18.6 Å². The molecule has 3 aliphatic heterocycles. The van der Waals surface area contributed by atoms with Gasteiger partial charge >= 0.3 is 0 Å². The standard InChI is InChI=1S/C31H37N7O/c1-36-13-15-38(16-14-36)30-8-6-26(21-34-30)35-31(39)27-9-10-33-29-7-5-24(18-28(27)29)25-17-23(19-32-20-25)22-37-11-3-2-4-12-37/h5-9,17-21,33H,2-4,10-16,22H2,1H3,(H,35,39). The van der Waals surface area contributed by atoms with Crippen molar-refractivity contribution >= 4 is 28.7 Å². The number of piperazine rings is 1. The number of pyridine rings is 2. The molecule has 2 saturated heterocycles. The average Bonchev–Trinajstić information content (AvgIpc) is 2.98. The number of anilines is 3. The summed E-state index contributed by atoms with van der Waals surface area (Å²) in [7, 11) is 2.14. The number of aromatic nitrogens is 2. The van der Waals surface area contributed by atoms with Gasteiger partial charge in [-0.25, -0.2) is 4.98 Å². The summed E-state index contributed by atoms with van der Waals surface area (Å²) in [6, 6.07) is 12.4. The number of rotatable bonds is 6. The summed E-state index contributed by atoms with van der Waals surface area (Å²) >= 11 is 0. The van der Waals surface area contributed by atoms with Gasteiger partial charge in [0.25, 0.3) is 5.91 Å². The Hall–Kier alpha value is -3.75. The van der Waals surface area contributed by atoms with Gasteiger partial charge in [-0.3, -0.25) is 14.7 Å². The van der Waals surface area contributed by atoms with Crippen molar-refractivity contribution in [2.24, 2.45) is 0 Å². The zero-order valence-corrected chi connectivity index (χ0v) is 22.7. The Balaban J connectivity index is 1.17. The molecule has 1 amide bonds. The van der Waals surface area contributed by atoms with Crippen LogP contribution < -0.4 is 15.5 Å². The van der Waals surface area contributed by atoms with Gasteiger partial charge in [0, 0.05) is 74.0 Å². The SMILES string of the molecule is CN1CCN(c2ccc(NC(=O)C3=CCNc4ccc(-c5cncc(CN6CCCCC6)c5)cc43)cn2)CC1. The van der Waals surface area contributed by atoms with Crippen molar-refractivity contribution in [3.8, 4) is 11.1 Å². The van der Waals surface area contributed by atoms with Crippen molar-refractivity contribution in [2.75, 3.05) is 68.4 Å². The number of amides is 1. The molecular weight excluding hydrogens is 486 g/mol. The van der Waals surface area contributed by atoms with Gasteiger partial charge in [0.2, 0.25) is 0 Å². The summed E-state index contributed by atoms with van der Waals surface area (Å²) in [5.41, 5.74) is 6.60. The normalized spacial score (nSPS) is 18.2. The van der Waals surface area contributed by atoms with Crippen LogP contribution in [0, 0.1) is 0 Å². The molecule has 2 N–H and O–H groups in total. The van der Waals surface area contributed by atoms with E-state index >= 15 is 0 Å². The molecule has 6 rings (SSSR count). The van der Waals surface area contributed by atoms with E-state index in [1.807, 2.05) is 30.6 Å². The summed E-state index contributed by atoms with van der Waals surface area (Å²) in [6.45, 7) is 7.85. The van der Waals surface area contributed by atoms with Gasteiger partial charge in [-0.15, -0.1) is 0 Å². The Morgan fingerprint density at radius 2 is 1.77 bits per heavy atom. The average molecular weight is 524 g/mol. The fourth-order valence-corrected chi connectivity index (χ4v) is 5.68. The fourth-order valence-electron chi connectivity index (χ4n) is 5.68. The Morgan fingerprint density at radius 1 is 0.923 bits per heavy atom. The van der Waals surface area contributed by atoms with Gasteiger partial charge < -0.3 is 20.4 Å². The minimum absolute atomic E-state index is 0.124. The number of nitrogens with one attached hydrogen (secondary N) is 2. The van der Waals surface area contributed by atoms with Gasteiger partial charge in [0.15, 0.2) is 0 Å². The minimum Gasteiger partial charge on any atom is -0.381 e. The molecule has 2 aromatic heterocycles. The third kappa shape index (κ3) is 5.97. The lowest BCUT2D eigenvalue weighted by atomic mass is 9.94. The largest absolute Gasteiger partial charge is 0.381 e. The van der Waals surface area contributed by atoms with Crippen LogP contribution in [0.15, 0.2) is 61.1 Å². The molecular formula is C31H37N7O. The third-order valence-electron chi connectivity index (χ3n) is 7.97. The second kappa shape index (κ2) is 11.6. The molecule has 0 aliphatic carbocycles. The molecule has 0 spiro atoms. The second-order valence-electron chi connectivity index (χ2n) is 10.8. The zero-order chi connectivity index (χ0) is 26.6. The number of likely N-dealkylation sites (tertiary alicyclic amines) is 1. The minimum atomic E-state index is -0.124. The maximum absolute atomic E-state index is 13.4. The summed E-state index contributed by atoms with van der Waals surface area (Å²) < 4.78 is 0. The lowest BCUT2D eigenvalue weighted by Crippen LogP contribution is -2.44. The van der Waals surface area contributed by atoms with E-state index < -0.39 is 0 Å². The first kappa shape index (κ1) is 25.5. The van der Waals surface area contributed by atoms with Crippen LogP contribution in [-0.2, 0) is 11.3 Å². The third-order valence-corrected chi connectivity index (χ3v) is 7.97. The van der Waals surface area contributed by atoms with Crippen molar-refractivity contribution in [3.63, 3.8) is 0 Å². The molecule has 2 fully saturated rings. The van der Waals surface area contributed by atoms with Crippen LogP contribution in [0.5, 0.6) is 0 Å². The Bertz CT molecular complexity index is 1340. The van der Waals surface area contributed by atoms with E-state index in [1.54, 1.807) is 6.20 Å². The summed E-state index contributed by atoms with van der Waals surface area (Å²) in [5, 5.41) is 6.46. The topological polar surface area (TPSA) is 76.6 Å². The van der Waals surface area contributed by atoms with Crippen molar-refractivity contribution in [1.29, 1.82) is 0 Å². The molecule has 3 aromatic rings. The first-order valence-corrected chi connectivity index (χ1v) is 14.1. The van der Waals surface area contributed by atoms with Crippen LogP contribution in [0.4, 0.5) is 17.2 Å². The number of hydrogen-bond acceptors (Lipinski definition) is 7. The van der Waals surface area contributed by atoms with Crippen molar-refractivity contribution < 1.29 is 4.79 Å². The quantitative estimate of drug-likeness (QED) is 0.498. The number of carbonyl (C=O) groups excluding carboxylic acids is 1. The van der Waals surface area contributed by atoms with Crippen LogP contribution in [0.3, 0.4) is 0 Å². The van der Waals surface area contributed by atoms with E-state index in [0.717, 1.165) is 74.0 Å². The number of likely N-dealkylation sites (N-methyl/N-ethyl adjacent to an activating group) is 1.